The SMILES string of the molecule is O=C(Nc1nc2cc(-c3ccccc3)ccc2c(=O)n1CC1CC[C@@H](c2ccc3ccccc3c2)O1)c1ccccc1. The monoisotopic (exact) mass is 551 g/mol. The minimum absolute atomic E-state index is 0.0560. The van der Waals surface area contributed by atoms with E-state index in [0.29, 0.717) is 16.5 Å². The topological polar surface area (TPSA) is 73.2 Å². The van der Waals surface area contributed by atoms with Crippen molar-refractivity contribution in [3.8, 4) is 11.1 Å². The Hall–Kier alpha value is -5.07. The minimum Gasteiger partial charge on any atom is -0.368 e. The quantitative estimate of drug-likeness (QED) is 0.234. The molecule has 0 saturated carbocycles. The van der Waals surface area contributed by atoms with E-state index in [1.165, 1.54) is 10.8 Å². The standard InChI is InChI=1S/C36H29N3O3/c40-34(26-12-5-2-6-13-26)38-36-37-32-22-28(24-9-3-1-4-10-24)17-19-31(32)35(41)39(36)23-30-18-20-33(42-30)29-16-15-25-11-7-8-14-27(25)21-29/h1-17,19,21-22,30,33H,18,20,23H2,(H,37,38,40)/t30?,33-/m0/s1. The number of ether oxygens (including phenoxy) is 1. The lowest BCUT2D eigenvalue weighted by Gasteiger charge is -2.19. The molecule has 0 radical (unpaired) electrons. The number of hydrogen-bond acceptors (Lipinski definition) is 4. The first-order valence-corrected chi connectivity index (χ1v) is 14.2. The Balaban J connectivity index is 1.22. The van der Waals surface area contributed by atoms with Gasteiger partial charge in [0.15, 0.2) is 0 Å². The van der Waals surface area contributed by atoms with Crippen molar-refractivity contribution in [3.63, 3.8) is 0 Å². The summed E-state index contributed by atoms with van der Waals surface area (Å²) in [4.78, 5) is 31.9. The molecule has 0 bridgehead atoms. The van der Waals surface area contributed by atoms with Gasteiger partial charge in [0.05, 0.1) is 29.7 Å². The van der Waals surface area contributed by atoms with E-state index in [4.69, 9.17) is 9.72 Å². The second-order valence-corrected chi connectivity index (χ2v) is 10.7. The molecule has 1 saturated heterocycles. The van der Waals surface area contributed by atoms with Crippen molar-refractivity contribution in [2.75, 3.05) is 5.32 Å². The number of amides is 1. The van der Waals surface area contributed by atoms with E-state index in [-0.39, 0.29) is 36.2 Å². The Morgan fingerprint density at radius 1 is 0.786 bits per heavy atom. The van der Waals surface area contributed by atoms with Gasteiger partial charge in [-0.1, -0.05) is 91.0 Å². The zero-order valence-electron chi connectivity index (χ0n) is 22.9. The number of rotatable bonds is 6. The van der Waals surface area contributed by atoms with Crippen LogP contribution in [0.5, 0.6) is 0 Å². The smallest absolute Gasteiger partial charge is 0.262 e. The predicted octanol–water partition coefficient (Wildman–Crippen LogP) is 7.39. The van der Waals surface area contributed by atoms with Gasteiger partial charge in [-0.05, 0) is 70.6 Å². The number of nitrogens with zero attached hydrogens (tertiary/aromatic N) is 2. The highest BCUT2D eigenvalue weighted by Crippen LogP contribution is 2.35. The van der Waals surface area contributed by atoms with Crippen molar-refractivity contribution in [2.45, 2.75) is 31.6 Å². The molecule has 6 nitrogen and oxygen atoms in total. The fourth-order valence-corrected chi connectivity index (χ4v) is 5.76. The van der Waals surface area contributed by atoms with E-state index >= 15 is 0 Å². The van der Waals surface area contributed by atoms with Crippen LogP contribution in [0.15, 0.2) is 126 Å². The van der Waals surface area contributed by atoms with E-state index in [1.807, 2.05) is 66.7 Å². The van der Waals surface area contributed by atoms with Crippen molar-refractivity contribution in [1.29, 1.82) is 0 Å². The van der Waals surface area contributed by atoms with Crippen LogP contribution in [-0.4, -0.2) is 21.6 Å². The zero-order chi connectivity index (χ0) is 28.5. The number of carbonyl (C=O) groups excluding carboxylic acids is 1. The third-order valence-electron chi connectivity index (χ3n) is 7.96. The molecule has 1 aliphatic rings. The molecule has 1 aliphatic heterocycles. The molecule has 1 N–H and O–H groups in total. The van der Waals surface area contributed by atoms with E-state index < -0.39 is 0 Å². The highest BCUT2D eigenvalue weighted by Gasteiger charge is 2.28. The Bertz CT molecular complexity index is 1970. The van der Waals surface area contributed by atoms with E-state index in [0.717, 1.165) is 29.5 Å². The van der Waals surface area contributed by atoms with Crippen LogP contribution >= 0.6 is 0 Å². The van der Waals surface area contributed by atoms with E-state index in [9.17, 15) is 9.59 Å². The first-order chi connectivity index (χ1) is 20.6. The zero-order valence-corrected chi connectivity index (χ0v) is 22.9. The van der Waals surface area contributed by atoms with Gasteiger partial charge in [-0.2, -0.15) is 0 Å². The lowest BCUT2D eigenvalue weighted by molar-refractivity contribution is 0.0348. The molecular weight excluding hydrogens is 522 g/mol. The Morgan fingerprint density at radius 2 is 1.52 bits per heavy atom. The highest BCUT2D eigenvalue weighted by atomic mass is 16.5. The third-order valence-corrected chi connectivity index (χ3v) is 7.96. The summed E-state index contributed by atoms with van der Waals surface area (Å²) in [6.07, 6.45) is 1.39. The summed E-state index contributed by atoms with van der Waals surface area (Å²) >= 11 is 0. The normalized spacial score (nSPS) is 16.6. The molecule has 1 aromatic heterocycles. The van der Waals surface area contributed by atoms with Gasteiger partial charge < -0.3 is 4.74 Å². The lowest BCUT2D eigenvalue weighted by atomic mass is 10.0. The predicted molar refractivity (Wildman–Crippen MR) is 167 cm³/mol. The summed E-state index contributed by atoms with van der Waals surface area (Å²) in [5.74, 6) is -0.111. The van der Waals surface area contributed by atoms with Gasteiger partial charge in [0, 0.05) is 5.56 Å². The van der Waals surface area contributed by atoms with Gasteiger partial charge in [-0.15, -0.1) is 0 Å². The van der Waals surface area contributed by atoms with Gasteiger partial charge in [0.25, 0.3) is 11.5 Å². The van der Waals surface area contributed by atoms with Gasteiger partial charge in [-0.3, -0.25) is 19.5 Å². The molecule has 1 fully saturated rings. The number of aromatic nitrogens is 2. The Morgan fingerprint density at radius 3 is 2.33 bits per heavy atom. The molecule has 0 aliphatic carbocycles. The van der Waals surface area contributed by atoms with Crippen molar-refractivity contribution in [3.05, 3.63) is 143 Å². The van der Waals surface area contributed by atoms with Crippen molar-refractivity contribution >= 4 is 33.5 Å². The number of carbonyl (C=O) groups is 1. The molecule has 6 heteroatoms. The average molecular weight is 552 g/mol. The fraction of sp³-hybridized carbons (Fsp3) is 0.139. The molecule has 5 aromatic carbocycles. The molecule has 1 amide bonds. The number of nitrogens with one attached hydrogen (secondary N) is 1. The summed E-state index contributed by atoms with van der Waals surface area (Å²) in [6, 6.07) is 39.3. The van der Waals surface area contributed by atoms with E-state index in [2.05, 4.69) is 35.6 Å². The summed E-state index contributed by atoms with van der Waals surface area (Å²) in [6.45, 7) is 0.288. The minimum atomic E-state index is -0.323. The lowest BCUT2D eigenvalue weighted by Crippen LogP contribution is -2.31. The van der Waals surface area contributed by atoms with Crippen LogP contribution in [0.25, 0.3) is 32.8 Å². The molecule has 7 rings (SSSR count). The van der Waals surface area contributed by atoms with Crippen LogP contribution < -0.4 is 10.9 Å². The van der Waals surface area contributed by atoms with Crippen LogP contribution in [-0.2, 0) is 11.3 Å². The van der Waals surface area contributed by atoms with Crippen molar-refractivity contribution in [2.24, 2.45) is 0 Å². The average Bonchev–Trinajstić information content (AvgIpc) is 3.52. The highest BCUT2D eigenvalue weighted by molar-refractivity contribution is 6.03. The molecule has 0 spiro atoms. The summed E-state index contributed by atoms with van der Waals surface area (Å²) in [7, 11) is 0. The summed E-state index contributed by atoms with van der Waals surface area (Å²) in [5, 5.41) is 5.78. The molecular formula is C36H29N3O3. The maximum Gasteiger partial charge on any atom is 0.262 e. The van der Waals surface area contributed by atoms with Crippen LogP contribution in [0.1, 0.15) is 34.9 Å². The van der Waals surface area contributed by atoms with Gasteiger partial charge in [0.1, 0.15) is 0 Å². The van der Waals surface area contributed by atoms with E-state index in [1.54, 1.807) is 28.8 Å². The van der Waals surface area contributed by atoms with Gasteiger partial charge in [-0.25, -0.2) is 4.98 Å². The number of benzene rings is 5. The van der Waals surface area contributed by atoms with Crippen molar-refractivity contribution < 1.29 is 9.53 Å². The van der Waals surface area contributed by atoms with Crippen LogP contribution in [0.3, 0.4) is 0 Å². The second-order valence-electron chi connectivity index (χ2n) is 10.7. The number of hydrogen-bond donors (Lipinski definition) is 1. The molecule has 1 unspecified atom stereocenters. The second kappa shape index (κ2) is 11.1. The van der Waals surface area contributed by atoms with Gasteiger partial charge in [0.2, 0.25) is 5.95 Å². The van der Waals surface area contributed by atoms with Crippen molar-refractivity contribution in [1.82, 2.24) is 9.55 Å². The Kier molecular flexibility index (Phi) is 6.82. The summed E-state index contributed by atoms with van der Waals surface area (Å²) in [5.41, 5.74) is 3.92. The van der Waals surface area contributed by atoms with Gasteiger partial charge >= 0.3 is 0 Å². The van der Waals surface area contributed by atoms with Crippen LogP contribution in [0.2, 0.25) is 0 Å². The third kappa shape index (κ3) is 5.08. The first-order valence-electron chi connectivity index (χ1n) is 14.2. The fourth-order valence-electron chi connectivity index (χ4n) is 5.76. The maximum atomic E-state index is 13.9. The number of anilines is 1. The number of fused-ring (bicyclic) bond motifs is 2. The molecule has 206 valence electrons. The molecule has 42 heavy (non-hydrogen) atoms. The molecule has 6 aromatic rings. The molecule has 2 atom stereocenters. The summed E-state index contributed by atoms with van der Waals surface area (Å²) < 4.78 is 8.04. The molecule has 2 heterocycles. The Labute approximate surface area is 243 Å². The van der Waals surface area contributed by atoms with Crippen LogP contribution in [0, 0.1) is 0 Å². The van der Waals surface area contributed by atoms with Crippen LogP contribution in [0.4, 0.5) is 5.95 Å². The first kappa shape index (κ1) is 25.9. The largest absolute Gasteiger partial charge is 0.368 e. The maximum absolute atomic E-state index is 13.9.